The molecule has 172 valence electrons. The van der Waals surface area contributed by atoms with Crippen LogP contribution in [0.3, 0.4) is 0 Å². The van der Waals surface area contributed by atoms with Crippen LogP contribution in [0.25, 0.3) is 10.8 Å². The first-order valence-corrected chi connectivity index (χ1v) is 11.6. The Morgan fingerprint density at radius 2 is 1.68 bits per heavy atom. The molecule has 0 radical (unpaired) electrons. The molecule has 0 atom stereocenters. The SMILES string of the molecule is O=C(NCc1ccccc1F)c1ccc2ccnc(N3CCN(c4ccc(Cl)cc4)CC3)c2c1. The molecule has 1 aromatic heterocycles. The lowest BCUT2D eigenvalue weighted by Crippen LogP contribution is -2.46. The fourth-order valence-corrected chi connectivity index (χ4v) is 4.42. The van der Waals surface area contributed by atoms with E-state index in [-0.39, 0.29) is 18.3 Å². The molecule has 0 aliphatic carbocycles. The van der Waals surface area contributed by atoms with Crippen LogP contribution in [-0.2, 0) is 6.54 Å². The van der Waals surface area contributed by atoms with Crippen LogP contribution >= 0.6 is 11.6 Å². The highest BCUT2D eigenvalue weighted by Crippen LogP contribution is 2.28. The number of anilines is 2. The largest absolute Gasteiger partial charge is 0.368 e. The molecule has 34 heavy (non-hydrogen) atoms. The molecule has 4 aromatic rings. The van der Waals surface area contributed by atoms with Gasteiger partial charge in [-0.3, -0.25) is 4.79 Å². The molecule has 0 spiro atoms. The van der Waals surface area contributed by atoms with E-state index in [9.17, 15) is 9.18 Å². The minimum absolute atomic E-state index is 0.135. The molecule has 1 aliphatic heterocycles. The van der Waals surface area contributed by atoms with Gasteiger partial charge in [0.1, 0.15) is 11.6 Å². The predicted octanol–water partition coefficient (Wildman–Crippen LogP) is 5.28. The number of hydrogen-bond donors (Lipinski definition) is 1. The Balaban J connectivity index is 1.32. The van der Waals surface area contributed by atoms with E-state index in [1.165, 1.54) is 6.07 Å². The number of aromatic nitrogens is 1. The van der Waals surface area contributed by atoms with Crippen molar-refractivity contribution in [1.82, 2.24) is 10.3 Å². The molecule has 2 heterocycles. The Labute approximate surface area is 202 Å². The summed E-state index contributed by atoms with van der Waals surface area (Å²) < 4.78 is 13.9. The van der Waals surface area contributed by atoms with Gasteiger partial charge in [-0.25, -0.2) is 9.37 Å². The fraction of sp³-hybridized carbons (Fsp3) is 0.185. The van der Waals surface area contributed by atoms with Crippen LogP contribution in [0.5, 0.6) is 0 Å². The zero-order valence-corrected chi connectivity index (χ0v) is 19.3. The third kappa shape index (κ3) is 4.68. The van der Waals surface area contributed by atoms with Gasteiger partial charge in [-0.2, -0.15) is 0 Å². The van der Waals surface area contributed by atoms with E-state index in [0.717, 1.165) is 53.5 Å². The second-order valence-corrected chi connectivity index (χ2v) is 8.73. The molecule has 7 heteroatoms. The highest BCUT2D eigenvalue weighted by Gasteiger charge is 2.20. The molecule has 3 aromatic carbocycles. The van der Waals surface area contributed by atoms with Crippen LogP contribution in [0, 0.1) is 5.82 Å². The maximum Gasteiger partial charge on any atom is 0.251 e. The Morgan fingerprint density at radius 3 is 2.44 bits per heavy atom. The summed E-state index contributed by atoms with van der Waals surface area (Å²) in [4.78, 5) is 22.0. The molecular formula is C27H24ClFN4O. The summed E-state index contributed by atoms with van der Waals surface area (Å²) in [5, 5.41) is 5.51. The van der Waals surface area contributed by atoms with Gasteiger partial charge in [0, 0.05) is 66.1 Å². The van der Waals surface area contributed by atoms with Crippen LogP contribution in [0.15, 0.2) is 79.0 Å². The van der Waals surface area contributed by atoms with E-state index >= 15 is 0 Å². The smallest absolute Gasteiger partial charge is 0.251 e. The molecule has 1 amide bonds. The molecule has 0 unspecified atom stereocenters. The van der Waals surface area contributed by atoms with Gasteiger partial charge in [-0.15, -0.1) is 0 Å². The Kier molecular flexibility index (Phi) is 6.32. The molecule has 1 saturated heterocycles. The summed E-state index contributed by atoms with van der Waals surface area (Å²) in [5.41, 5.74) is 2.14. The van der Waals surface area contributed by atoms with Gasteiger partial charge in [0.05, 0.1) is 0 Å². The first kappa shape index (κ1) is 22.2. The van der Waals surface area contributed by atoms with Crippen molar-refractivity contribution in [2.75, 3.05) is 36.0 Å². The van der Waals surface area contributed by atoms with Crippen LogP contribution < -0.4 is 15.1 Å². The van der Waals surface area contributed by atoms with E-state index in [4.69, 9.17) is 11.6 Å². The van der Waals surface area contributed by atoms with Crippen molar-refractivity contribution < 1.29 is 9.18 Å². The summed E-state index contributed by atoms with van der Waals surface area (Å²) in [5.74, 6) is 0.301. The molecule has 5 nitrogen and oxygen atoms in total. The number of halogens is 2. The second kappa shape index (κ2) is 9.69. The molecular weight excluding hydrogens is 451 g/mol. The summed E-state index contributed by atoms with van der Waals surface area (Å²) in [6.07, 6.45) is 1.81. The molecule has 5 rings (SSSR count). The molecule has 1 N–H and O–H groups in total. The van der Waals surface area contributed by atoms with Crippen molar-refractivity contribution in [3.63, 3.8) is 0 Å². The maximum atomic E-state index is 13.9. The van der Waals surface area contributed by atoms with Gasteiger partial charge in [0.25, 0.3) is 5.91 Å². The zero-order chi connectivity index (χ0) is 23.5. The van der Waals surface area contributed by atoms with E-state index in [1.807, 2.05) is 42.5 Å². The quantitative estimate of drug-likeness (QED) is 0.427. The standard InChI is InChI=1S/C27H24ClFN4O/c28-22-7-9-23(10-8-22)32-13-15-33(16-14-32)26-24-17-20(6-5-19(24)11-12-30-26)27(34)31-18-21-3-1-2-4-25(21)29/h1-12,17H,13-16,18H2,(H,31,34). The number of amides is 1. The maximum absolute atomic E-state index is 13.9. The first-order chi connectivity index (χ1) is 16.6. The number of rotatable bonds is 5. The number of hydrogen-bond acceptors (Lipinski definition) is 4. The van der Waals surface area contributed by atoms with Crippen molar-refractivity contribution in [3.8, 4) is 0 Å². The Morgan fingerprint density at radius 1 is 0.941 bits per heavy atom. The van der Waals surface area contributed by atoms with Gasteiger partial charge in [-0.1, -0.05) is 35.9 Å². The third-order valence-corrected chi connectivity index (χ3v) is 6.43. The van der Waals surface area contributed by atoms with E-state index < -0.39 is 0 Å². The van der Waals surface area contributed by atoms with Crippen molar-refractivity contribution in [2.45, 2.75) is 6.54 Å². The number of carbonyl (C=O) groups excluding carboxylic acids is 1. The minimum atomic E-state index is -0.328. The number of fused-ring (bicyclic) bond motifs is 1. The van der Waals surface area contributed by atoms with E-state index in [2.05, 4.69) is 20.1 Å². The van der Waals surface area contributed by atoms with Crippen LogP contribution in [0.4, 0.5) is 15.9 Å². The highest BCUT2D eigenvalue weighted by molar-refractivity contribution is 6.30. The average molecular weight is 475 g/mol. The van der Waals surface area contributed by atoms with Gasteiger partial charge < -0.3 is 15.1 Å². The van der Waals surface area contributed by atoms with E-state index in [0.29, 0.717) is 11.1 Å². The molecule has 1 aliphatic rings. The monoisotopic (exact) mass is 474 g/mol. The fourth-order valence-electron chi connectivity index (χ4n) is 4.29. The molecule has 1 fully saturated rings. The van der Waals surface area contributed by atoms with Crippen molar-refractivity contribution in [2.24, 2.45) is 0 Å². The van der Waals surface area contributed by atoms with Crippen molar-refractivity contribution in [1.29, 1.82) is 0 Å². The number of pyridine rings is 1. The van der Waals surface area contributed by atoms with Gasteiger partial charge in [0.2, 0.25) is 0 Å². The first-order valence-electron chi connectivity index (χ1n) is 11.2. The zero-order valence-electron chi connectivity index (χ0n) is 18.5. The average Bonchev–Trinajstić information content (AvgIpc) is 2.88. The van der Waals surface area contributed by atoms with Gasteiger partial charge in [-0.05, 0) is 53.9 Å². The summed E-state index contributed by atoms with van der Waals surface area (Å²) >= 11 is 6.02. The lowest BCUT2D eigenvalue weighted by molar-refractivity contribution is 0.0950. The number of benzene rings is 3. The third-order valence-electron chi connectivity index (χ3n) is 6.18. The van der Waals surface area contributed by atoms with Crippen LogP contribution in [-0.4, -0.2) is 37.1 Å². The lowest BCUT2D eigenvalue weighted by atomic mass is 10.1. The normalized spacial score (nSPS) is 13.8. The Hall–Kier alpha value is -3.64. The number of nitrogens with zero attached hydrogens (tertiary/aromatic N) is 3. The van der Waals surface area contributed by atoms with Crippen LogP contribution in [0.2, 0.25) is 5.02 Å². The Bertz CT molecular complexity index is 1320. The second-order valence-electron chi connectivity index (χ2n) is 8.30. The topological polar surface area (TPSA) is 48.5 Å². The molecule has 0 bridgehead atoms. The van der Waals surface area contributed by atoms with Crippen molar-refractivity contribution >= 4 is 39.8 Å². The number of nitrogens with one attached hydrogen (secondary N) is 1. The summed E-state index contributed by atoms with van der Waals surface area (Å²) in [6, 6.07) is 21.9. The summed E-state index contributed by atoms with van der Waals surface area (Å²) in [6.45, 7) is 3.50. The summed E-state index contributed by atoms with van der Waals surface area (Å²) in [7, 11) is 0. The molecule has 0 saturated carbocycles. The lowest BCUT2D eigenvalue weighted by Gasteiger charge is -2.37. The van der Waals surface area contributed by atoms with Gasteiger partial charge in [0.15, 0.2) is 0 Å². The number of carbonyl (C=O) groups is 1. The predicted molar refractivity (Wildman–Crippen MR) is 135 cm³/mol. The van der Waals surface area contributed by atoms with E-state index in [1.54, 1.807) is 30.5 Å². The minimum Gasteiger partial charge on any atom is -0.368 e. The van der Waals surface area contributed by atoms with Crippen molar-refractivity contribution in [3.05, 3.63) is 101 Å². The number of piperazine rings is 1. The van der Waals surface area contributed by atoms with Gasteiger partial charge >= 0.3 is 0 Å². The van der Waals surface area contributed by atoms with Crippen LogP contribution in [0.1, 0.15) is 15.9 Å². The highest BCUT2D eigenvalue weighted by atomic mass is 35.5.